The second-order valence-electron chi connectivity index (χ2n) is 10.6. The highest BCUT2D eigenvalue weighted by Crippen LogP contribution is 2.38. The van der Waals surface area contributed by atoms with Gasteiger partial charge in [-0.3, -0.25) is 24.6 Å². The van der Waals surface area contributed by atoms with Crippen molar-refractivity contribution in [1.82, 2.24) is 19.7 Å². The zero-order valence-corrected chi connectivity index (χ0v) is 29.9. The summed E-state index contributed by atoms with van der Waals surface area (Å²) in [7, 11) is 2.99. The maximum absolute atomic E-state index is 14.1. The van der Waals surface area contributed by atoms with Crippen LogP contribution in [-0.4, -0.2) is 51.5 Å². The molecule has 0 saturated carbocycles. The molecule has 0 aliphatic carbocycles. The fraction of sp³-hybridized carbons (Fsp3) is 0.182. The van der Waals surface area contributed by atoms with Gasteiger partial charge in [-0.1, -0.05) is 40.6 Å². The van der Waals surface area contributed by atoms with Gasteiger partial charge in [0.2, 0.25) is 5.16 Å². The van der Waals surface area contributed by atoms with E-state index in [1.165, 1.54) is 24.9 Å². The number of thiazole rings is 1. The molecule has 17 heteroatoms. The van der Waals surface area contributed by atoms with Crippen LogP contribution in [0.15, 0.2) is 85.7 Å². The summed E-state index contributed by atoms with van der Waals surface area (Å²) in [5.41, 5.74) is 1.31. The summed E-state index contributed by atoms with van der Waals surface area (Å²) in [5.74, 6) is 0.646. The third-order valence-corrected chi connectivity index (χ3v) is 10.0. The molecule has 2 aromatic heterocycles. The van der Waals surface area contributed by atoms with Crippen molar-refractivity contribution >= 4 is 64.0 Å². The number of nitro benzene ring substituents is 1. The molecule has 0 bridgehead atoms. The number of ether oxygens (including phenoxy) is 3. The van der Waals surface area contributed by atoms with Crippen molar-refractivity contribution in [3.05, 3.63) is 117 Å². The van der Waals surface area contributed by atoms with Crippen LogP contribution in [0, 0.1) is 10.1 Å². The fourth-order valence-corrected chi connectivity index (χ4v) is 7.68. The van der Waals surface area contributed by atoms with Crippen LogP contribution in [0.2, 0.25) is 10.0 Å². The Hall–Kier alpha value is -4.96. The number of allylic oxidation sites excluding steroid dienone is 1. The fourth-order valence-electron chi connectivity index (χ4n) is 5.34. The van der Waals surface area contributed by atoms with Crippen LogP contribution < -0.4 is 24.4 Å². The number of nitro groups is 1. The molecular weight excluding hydrogens is 727 g/mol. The van der Waals surface area contributed by atoms with Crippen LogP contribution in [-0.2, 0) is 9.53 Å². The van der Waals surface area contributed by atoms with E-state index in [9.17, 15) is 19.7 Å². The number of nitrogens with zero attached hydrogens (tertiary/aromatic N) is 5. The Kier molecular flexibility index (Phi) is 10.1. The van der Waals surface area contributed by atoms with Crippen molar-refractivity contribution in [1.29, 1.82) is 0 Å². The normalized spacial score (nSPS) is 14.3. The number of esters is 1. The molecule has 0 saturated heterocycles. The minimum atomic E-state index is -0.959. The number of hydrogen-bond donors (Lipinski definition) is 1. The highest BCUT2D eigenvalue weighted by atomic mass is 35.5. The van der Waals surface area contributed by atoms with E-state index >= 15 is 0 Å². The quantitative estimate of drug-likeness (QED) is 0.102. The van der Waals surface area contributed by atoms with Crippen molar-refractivity contribution in [2.75, 3.05) is 20.8 Å². The number of hydrogen-bond acceptors (Lipinski definition) is 12. The molecule has 0 unspecified atom stereocenters. The van der Waals surface area contributed by atoms with Gasteiger partial charge in [-0.2, -0.15) is 0 Å². The van der Waals surface area contributed by atoms with Crippen molar-refractivity contribution < 1.29 is 23.9 Å². The van der Waals surface area contributed by atoms with Gasteiger partial charge in [0.15, 0.2) is 10.6 Å². The van der Waals surface area contributed by atoms with Crippen LogP contribution in [0.25, 0.3) is 17.5 Å². The number of aromatic amines is 1. The number of H-pyrrole nitrogens is 1. The van der Waals surface area contributed by atoms with Gasteiger partial charge in [0.1, 0.15) is 17.5 Å². The average Bonchev–Trinajstić information content (AvgIpc) is 3.67. The maximum atomic E-state index is 14.1. The van der Waals surface area contributed by atoms with Crippen molar-refractivity contribution in [3.63, 3.8) is 0 Å². The minimum Gasteiger partial charge on any atom is -0.497 e. The van der Waals surface area contributed by atoms with Gasteiger partial charge in [-0.25, -0.2) is 14.8 Å². The zero-order valence-electron chi connectivity index (χ0n) is 26.7. The molecule has 0 fully saturated rings. The number of carbonyl (C=O) groups excluding carboxylic acids is 1. The van der Waals surface area contributed by atoms with Gasteiger partial charge >= 0.3 is 5.97 Å². The minimum absolute atomic E-state index is 0.114. The molecule has 256 valence electrons. The first kappa shape index (κ1) is 34.9. The van der Waals surface area contributed by atoms with E-state index in [4.69, 9.17) is 37.4 Å². The van der Waals surface area contributed by atoms with E-state index < -0.39 is 22.5 Å². The van der Waals surface area contributed by atoms with Crippen LogP contribution in [0.1, 0.15) is 31.0 Å². The Morgan fingerprint density at radius 3 is 2.64 bits per heavy atom. The van der Waals surface area contributed by atoms with E-state index in [-0.39, 0.29) is 32.5 Å². The van der Waals surface area contributed by atoms with E-state index in [0.717, 1.165) is 23.1 Å². The molecule has 1 N–H and O–H groups in total. The summed E-state index contributed by atoms with van der Waals surface area (Å²) in [6.07, 6.45) is 1.54. The first-order chi connectivity index (χ1) is 24.0. The molecule has 6 rings (SSSR count). The van der Waals surface area contributed by atoms with Gasteiger partial charge in [0.05, 0.1) is 51.5 Å². The monoisotopic (exact) mass is 752 g/mol. The summed E-state index contributed by atoms with van der Waals surface area (Å²) in [6.45, 7) is 3.47. The highest BCUT2D eigenvalue weighted by Gasteiger charge is 2.35. The molecule has 1 aliphatic rings. The van der Waals surface area contributed by atoms with Crippen LogP contribution >= 0.6 is 46.3 Å². The first-order valence-electron chi connectivity index (χ1n) is 14.8. The number of fused-ring (bicyclic) bond motifs is 1. The zero-order chi connectivity index (χ0) is 35.7. The van der Waals surface area contributed by atoms with Crippen LogP contribution in [0.3, 0.4) is 0 Å². The Morgan fingerprint density at radius 1 is 1.14 bits per heavy atom. The summed E-state index contributed by atoms with van der Waals surface area (Å²) >= 11 is 14.4. The first-order valence-corrected chi connectivity index (χ1v) is 17.2. The van der Waals surface area contributed by atoms with Gasteiger partial charge in [0.25, 0.3) is 11.2 Å². The molecule has 0 radical (unpaired) electrons. The molecule has 0 spiro atoms. The van der Waals surface area contributed by atoms with E-state index in [0.29, 0.717) is 54.6 Å². The van der Waals surface area contributed by atoms with Gasteiger partial charge in [0, 0.05) is 22.2 Å². The molecule has 50 heavy (non-hydrogen) atoms. The molecule has 0 amide bonds. The third kappa shape index (κ3) is 6.76. The number of halogens is 2. The Labute approximate surface area is 302 Å². The highest BCUT2D eigenvalue weighted by molar-refractivity contribution is 7.99. The number of carbonyl (C=O) groups is 1. The molecule has 1 atom stereocenters. The second-order valence-corrected chi connectivity index (χ2v) is 13.4. The third-order valence-electron chi connectivity index (χ3n) is 7.58. The summed E-state index contributed by atoms with van der Waals surface area (Å²) in [4.78, 5) is 48.8. The van der Waals surface area contributed by atoms with Crippen LogP contribution in [0.4, 0.5) is 5.69 Å². The van der Waals surface area contributed by atoms with Crippen molar-refractivity contribution in [2.45, 2.75) is 29.9 Å². The van der Waals surface area contributed by atoms with Gasteiger partial charge in [-0.15, -0.1) is 5.10 Å². The second kappa shape index (κ2) is 14.5. The lowest BCUT2D eigenvalue weighted by Crippen LogP contribution is -2.40. The van der Waals surface area contributed by atoms with Gasteiger partial charge < -0.3 is 14.2 Å². The van der Waals surface area contributed by atoms with Crippen molar-refractivity contribution in [3.8, 4) is 22.9 Å². The largest absolute Gasteiger partial charge is 0.497 e. The van der Waals surface area contributed by atoms with Gasteiger partial charge in [-0.05, 0) is 79.7 Å². The van der Waals surface area contributed by atoms with Crippen LogP contribution in [0.5, 0.6) is 11.5 Å². The number of benzene rings is 3. The predicted octanol–water partition coefficient (Wildman–Crippen LogP) is 5.97. The lowest BCUT2D eigenvalue weighted by atomic mass is 9.94. The Bertz CT molecular complexity index is 2390. The standard InChI is InChI=1S/C33H26Cl2N6O7S2/c1-5-48-31(43)27-16(2)36-33-40(28(27)21-15-19(46-3)8-10-24(21)47-4)30(42)26(50-33)13-17-6-11-25(23(12-17)41(44)45)49-32-37-29(38-39-32)20-9-7-18(34)14-22(20)35/h6-15,28H,5H2,1-4H3,(H,37,38,39)/b26-13+/t28-/m0/s1. The predicted molar refractivity (Wildman–Crippen MR) is 189 cm³/mol. The van der Waals surface area contributed by atoms with E-state index in [1.807, 2.05) is 0 Å². The Morgan fingerprint density at radius 2 is 1.94 bits per heavy atom. The smallest absolute Gasteiger partial charge is 0.338 e. The molecule has 5 aromatic rings. The summed E-state index contributed by atoms with van der Waals surface area (Å²) in [6, 6.07) is 13.6. The van der Waals surface area contributed by atoms with E-state index in [2.05, 4.69) is 20.2 Å². The topological polar surface area (TPSA) is 164 Å². The summed E-state index contributed by atoms with van der Waals surface area (Å²) in [5, 5.41) is 20.2. The molecule has 1 aliphatic heterocycles. The summed E-state index contributed by atoms with van der Waals surface area (Å²) < 4.78 is 18.1. The Balaban J connectivity index is 1.41. The molecule has 13 nitrogen and oxygen atoms in total. The van der Waals surface area contributed by atoms with Crippen molar-refractivity contribution in [2.24, 2.45) is 4.99 Å². The van der Waals surface area contributed by atoms with E-state index in [1.54, 1.807) is 68.5 Å². The lowest BCUT2D eigenvalue weighted by Gasteiger charge is -2.26. The lowest BCUT2D eigenvalue weighted by molar-refractivity contribution is -0.387. The maximum Gasteiger partial charge on any atom is 0.338 e. The molecular formula is C33H26Cl2N6O7S2. The number of nitrogens with one attached hydrogen (secondary N) is 1. The molecule has 3 aromatic carbocycles. The number of aromatic nitrogens is 4. The SMILES string of the molecule is CCOC(=O)C1=C(C)N=c2s/c(=C/c3ccc(Sc4n[nH]c(-c5ccc(Cl)cc5Cl)n4)c([N+](=O)[O-])c3)c(=O)n2[C@H]1c1cc(OC)ccc1OC. The number of methoxy groups -OCH3 is 2. The number of rotatable bonds is 10. The average molecular weight is 754 g/mol. The molecule has 3 heterocycles.